The van der Waals surface area contributed by atoms with Crippen LogP contribution in [0, 0.1) is 5.92 Å². The van der Waals surface area contributed by atoms with Gasteiger partial charge >= 0.3 is 0 Å². The van der Waals surface area contributed by atoms with E-state index in [1.807, 2.05) is 12.4 Å². The van der Waals surface area contributed by atoms with Crippen LogP contribution in [0.4, 0.5) is 0 Å². The average molecular weight is 384 g/mol. The number of hydrogen-bond donors (Lipinski definition) is 0. The molecule has 1 aliphatic carbocycles. The average Bonchev–Trinajstić information content (AvgIpc) is 3.17. The molecule has 1 saturated carbocycles. The summed E-state index contributed by atoms with van der Waals surface area (Å²) in [5, 5.41) is 0. The molecule has 154 valence electrons. The molecular formula is C24H37N3O. The van der Waals surface area contributed by atoms with E-state index < -0.39 is 0 Å². The van der Waals surface area contributed by atoms with Crippen LogP contribution < -0.4 is 0 Å². The zero-order chi connectivity index (χ0) is 19.8. The van der Waals surface area contributed by atoms with Gasteiger partial charge in [0.05, 0.1) is 0 Å². The van der Waals surface area contributed by atoms with Crippen molar-refractivity contribution < 1.29 is 4.74 Å². The van der Waals surface area contributed by atoms with Gasteiger partial charge < -0.3 is 14.2 Å². The van der Waals surface area contributed by atoms with Gasteiger partial charge in [-0.05, 0) is 51.1 Å². The fraction of sp³-hybridized carbons (Fsp3) is 0.625. The molecular weight excluding hydrogens is 346 g/mol. The van der Waals surface area contributed by atoms with Gasteiger partial charge in [-0.3, -0.25) is 0 Å². The fourth-order valence-corrected chi connectivity index (χ4v) is 4.56. The number of ether oxygens (including phenoxy) is 1. The number of benzene rings is 1. The van der Waals surface area contributed by atoms with Gasteiger partial charge in [0.2, 0.25) is 0 Å². The molecule has 0 bridgehead atoms. The maximum atomic E-state index is 6.60. The third-order valence-corrected chi connectivity index (χ3v) is 6.36. The molecule has 1 atom stereocenters. The summed E-state index contributed by atoms with van der Waals surface area (Å²) >= 11 is 0. The number of likely N-dealkylation sites (N-methyl/N-ethyl adjacent to an activating group) is 1. The van der Waals surface area contributed by atoms with Crippen LogP contribution in [0.1, 0.15) is 56.8 Å². The van der Waals surface area contributed by atoms with Crippen LogP contribution in [-0.4, -0.2) is 41.2 Å². The molecule has 0 amide bonds. The van der Waals surface area contributed by atoms with Gasteiger partial charge in [-0.2, -0.15) is 0 Å². The van der Waals surface area contributed by atoms with Crippen LogP contribution in [0.25, 0.3) is 0 Å². The molecule has 0 aliphatic heterocycles. The first-order chi connectivity index (χ1) is 13.6. The highest BCUT2D eigenvalue weighted by molar-refractivity contribution is 5.14. The molecule has 1 unspecified atom stereocenters. The number of imidazole rings is 1. The lowest BCUT2D eigenvalue weighted by Crippen LogP contribution is -2.39. The number of nitrogens with zero attached hydrogens (tertiary/aromatic N) is 3. The maximum absolute atomic E-state index is 6.60. The van der Waals surface area contributed by atoms with E-state index in [1.165, 1.54) is 37.7 Å². The fourth-order valence-electron chi connectivity index (χ4n) is 4.56. The van der Waals surface area contributed by atoms with Crippen LogP contribution >= 0.6 is 0 Å². The molecule has 0 saturated heterocycles. The molecule has 1 aromatic carbocycles. The highest BCUT2D eigenvalue weighted by Crippen LogP contribution is 2.41. The van der Waals surface area contributed by atoms with Gasteiger partial charge in [0.15, 0.2) is 0 Å². The van der Waals surface area contributed by atoms with Crippen molar-refractivity contribution in [2.24, 2.45) is 13.0 Å². The summed E-state index contributed by atoms with van der Waals surface area (Å²) in [6, 6.07) is 10.7. The van der Waals surface area contributed by atoms with Crippen LogP contribution in [0.5, 0.6) is 0 Å². The Hall–Kier alpha value is -1.65. The Balaban J connectivity index is 1.49. The molecule has 3 rings (SSSR count). The van der Waals surface area contributed by atoms with Crippen molar-refractivity contribution in [3.05, 3.63) is 54.1 Å². The summed E-state index contributed by atoms with van der Waals surface area (Å²) in [6.07, 6.45) is 12.6. The van der Waals surface area contributed by atoms with E-state index in [4.69, 9.17) is 4.74 Å². The van der Waals surface area contributed by atoms with E-state index in [0.29, 0.717) is 5.92 Å². The van der Waals surface area contributed by atoms with Crippen LogP contribution in [0.2, 0.25) is 0 Å². The number of aryl methyl sites for hydroxylation is 1. The molecule has 2 aromatic rings. The van der Waals surface area contributed by atoms with E-state index in [1.54, 1.807) is 0 Å². The van der Waals surface area contributed by atoms with Crippen molar-refractivity contribution in [2.45, 2.75) is 57.5 Å². The molecule has 28 heavy (non-hydrogen) atoms. The summed E-state index contributed by atoms with van der Waals surface area (Å²) in [6.45, 7) is 5.21. The summed E-state index contributed by atoms with van der Waals surface area (Å²) in [4.78, 5) is 7.08. The summed E-state index contributed by atoms with van der Waals surface area (Å²) in [5.41, 5.74) is 1.13. The second kappa shape index (κ2) is 10.2. The SMILES string of the molecule is CN(CCCOC(C)(c1nccn1C)C1CCCCC1)CCc1ccccc1. The van der Waals surface area contributed by atoms with E-state index in [-0.39, 0.29) is 5.60 Å². The molecule has 0 radical (unpaired) electrons. The zero-order valence-corrected chi connectivity index (χ0v) is 17.9. The van der Waals surface area contributed by atoms with E-state index in [2.05, 4.69) is 65.8 Å². The first-order valence-electron chi connectivity index (χ1n) is 10.9. The van der Waals surface area contributed by atoms with Gasteiger partial charge in [0.25, 0.3) is 0 Å². The standard InChI is InChI=1S/C24H37N3O/c1-24(22-13-8-5-9-14-22,23-25-16-19-27(23)3)28-20-10-17-26(2)18-15-21-11-6-4-7-12-21/h4,6-7,11-12,16,19,22H,5,8-10,13-15,17-18,20H2,1-3H3. The van der Waals surface area contributed by atoms with E-state index in [0.717, 1.165) is 38.4 Å². The normalized spacial score (nSPS) is 17.7. The summed E-state index contributed by atoms with van der Waals surface area (Å²) in [7, 11) is 4.30. The lowest BCUT2D eigenvalue weighted by atomic mass is 9.77. The molecule has 1 aliphatic rings. The predicted molar refractivity (Wildman–Crippen MR) is 115 cm³/mol. The van der Waals surface area contributed by atoms with Crippen molar-refractivity contribution in [1.29, 1.82) is 0 Å². The molecule has 0 N–H and O–H groups in total. The smallest absolute Gasteiger partial charge is 0.140 e. The largest absolute Gasteiger partial charge is 0.367 e. The van der Waals surface area contributed by atoms with Crippen molar-refractivity contribution in [1.82, 2.24) is 14.5 Å². The minimum atomic E-state index is -0.277. The molecule has 1 heterocycles. The highest BCUT2D eigenvalue weighted by atomic mass is 16.5. The van der Waals surface area contributed by atoms with Gasteiger partial charge in [-0.1, -0.05) is 49.6 Å². The Kier molecular flexibility index (Phi) is 7.69. The Labute approximate surface area is 170 Å². The topological polar surface area (TPSA) is 30.3 Å². The summed E-state index contributed by atoms with van der Waals surface area (Å²) < 4.78 is 8.74. The van der Waals surface area contributed by atoms with Gasteiger partial charge in [0, 0.05) is 39.1 Å². The second-order valence-electron chi connectivity index (χ2n) is 8.54. The van der Waals surface area contributed by atoms with Crippen molar-refractivity contribution >= 4 is 0 Å². The van der Waals surface area contributed by atoms with E-state index in [9.17, 15) is 0 Å². The molecule has 0 spiro atoms. The highest BCUT2D eigenvalue weighted by Gasteiger charge is 2.40. The minimum absolute atomic E-state index is 0.277. The number of hydrogen-bond acceptors (Lipinski definition) is 3. The Morgan fingerprint density at radius 3 is 2.57 bits per heavy atom. The quantitative estimate of drug-likeness (QED) is 0.552. The molecule has 1 fully saturated rings. The van der Waals surface area contributed by atoms with Crippen LogP contribution in [0.3, 0.4) is 0 Å². The van der Waals surface area contributed by atoms with Crippen LogP contribution in [-0.2, 0) is 23.8 Å². The van der Waals surface area contributed by atoms with Gasteiger partial charge in [-0.15, -0.1) is 0 Å². The van der Waals surface area contributed by atoms with Crippen LogP contribution in [0.15, 0.2) is 42.7 Å². The number of rotatable bonds is 10. The zero-order valence-electron chi connectivity index (χ0n) is 17.9. The predicted octanol–water partition coefficient (Wildman–Crippen LogP) is 4.80. The summed E-state index contributed by atoms with van der Waals surface area (Å²) in [5.74, 6) is 1.65. The van der Waals surface area contributed by atoms with E-state index >= 15 is 0 Å². The number of aromatic nitrogens is 2. The Bertz CT molecular complexity index is 693. The van der Waals surface area contributed by atoms with Crippen molar-refractivity contribution in [3.8, 4) is 0 Å². The lowest BCUT2D eigenvalue weighted by Gasteiger charge is -2.39. The first kappa shape index (κ1) is 21.1. The second-order valence-corrected chi connectivity index (χ2v) is 8.54. The third kappa shape index (κ3) is 5.45. The van der Waals surface area contributed by atoms with Crippen molar-refractivity contribution in [2.75, 3.05) is 26.7 Å². The Morgan fingerprint density at radius 1 is 1.14 bits per heavy atom. The minimum Gasteiger partial charge on any atom is -0.367 e. The van der Waals surface area contributed by atoms with Crippen molar-refractivity contribution in [3.63, 3.8) is 0 Å². The monoisotopic (exact) mass is 383 g/mol. The Morgan fingerprint density at radius 2 is 1.89 bits per heavy atom. The molecule has 4 heteroatoms. The first-order valence-corrected chi connectivity index (χ1v) is 10.9. The molecule has 1 aromatic heterocycles. The molecule has 4 nitrogen and oxygen atoms in total. The van der Waals surface area contributed by atoms with Gasteiger partial charge in [0.1, 0.15) is 11.4 Å². The van der Waals surface area contributed by atoms with Gasteiger partial charge in [-0.25, -0.2) is 4.98 Å². The maximum Gasteiger partial charge on any atom is 0.140 e. The third-order valence-electron chi connectivity index (χ3n) is 6.36. The lowest BCUT2D eigenvalue weighted by molar-refractivity contribution is -0.0988.